The predicted molar refractivity (Wildman–Crippen MR) is 111 cm³/mol. The molecule has 1 aliphatic carbocycles. The molecule has 8 heteroatoms. The lowest BCUT2D eigenvalue weighted by molar-refractivity contribution is 0.0389. The molecule has 1 aromatic rings. The van der Waals surface area contributed by atoms with Gasteiger partial charge in [0.1, 0.15) is 12.4 Å². The van der Waals surface area contributed by atoms with Gasteiger partial charge >= 0.3 is 0 Å². The zero-order valence-electron chi connectivity index (χ0n) is 18.0. The fraction of sp³-hybridized carbons (Fsp3) is 0.850. The van der Waals surface area contributed by atoms with E-state index >= 15 is 0 Å². The lowest BCUT2D eigenvalue weighted by Crippen LogP contribution is -2.48. The number of guanidine groups is 1. The largest absolute Gasteiger partial charge is 0.379 e. The van der Waals surface area contributed by atoms with E-state index in [1.165, 1.54) is 25.7 Å². The Morgan fingerprint density at radius 1 is 1.21 bits per heavy atom. The van der Waals surface area contributed by atoms with E-state index in [4.69, 9.17) is 9.73 Å². The second kappa shape index (κ2) is 9.69. The Morgan fingerprint density at radius 3 is 2.57 bits per heavy atom. The highest BCUT2D eigenvalue weighted by Gasteiger charge is 2.27. The van der Waals surface area contributed by atoms with Gasteiger partial charge in [0.25, 0.3) is 0 Å². The summed E-state index contributed by atoms with van der Waals surface area (Å²) in [5.41, 5.74) is 0.468. The summed E-state index contributed by atoms with van der Waals surface area (Å²) < 4.78 is 7.43. The molecule has 0 amide bonds. The van der Waals surface area contributed by atoms with Crippen molar-refractivity contribution in [3.05, 3.63) is 11.6 Å². The molecule has 0 atom stereocenters. The van der Waals surface area contributed by atoms with Gasteiger partial charge in [0, 0.05) is 39.3 Å². The minimum atomic E-state index is 0.468. The molecule has 158 valence electrons. The van der Waals surface area contributed by atoms with Crippen molar-refractivity contribution in [2.45, 2.75) is 59.0 Å². The molecular weight excluding hydrogens is 354 g/mol. The molecule has 0 spiro atoms. The number of aryl methyl sites for hydroxylation is 1. The van der Waals surface area contributed by atoms with Gasteiger partial charge in [-0.3, -0.25) is 4.90 Å². The number of rotatable bonds is 6. The number of aliphatic imine (C=N–C) groups is 1. The van der Waals surface area contributed by atoms with Crippen LogP contribution in [0.15, 0.2) is 4.99 Å². The van der Waals surface area contributed by atoms with Gasteiger partial charge in [0.2, 0.25) is 0 Å². The molecule has 1 aliphatic heterocycles. The molecule has 8 nitrogen and oxygen atoms in total. The fourth-order valence-electron chi connectivity index (χ4n) is 3.79. The zero-order chi connectivity index (χ0) is 20.0. The van der Waals surface area contributed by atoms with Crippen LogP contribution in [0.3, 0.4) is 0 Å². The first-order valence-electron chi connectivity index (χ1n) is 10.6. The number of morpholine rings is 1. The fourth-order valence-corrected chi connectivity index (χ4v) is 3.79. The van der Waals surface area contributed by atoms with Crippen LogP contribution < -0.4 is 10.6 Å². The summed E-state index contributed by atoms with van der Waals surface area (Å²) in [5, 5.41) is 15.6. The molecule has 1 saturated carbocycles. The first kappa shape index (κ1) is 21.0. The summed E-state index contributed by atoms with van der Waals surface area (Å²) in [7, 11) is 1.99. The van der Waals surface area contributed by atoms with Crippen LogP contribution in [0.4, 0.5) is 0 Å². The number of nitrogens with zero attached hydrogens (tertiary/aromatic N) is 5. The maximum absolute atomic E-state index is 5.43. The second-order valence-corrected chi connectivity index (χ2v) is 8.85. The topological polar surface area (TPSA) is 79.6 Å². The average Bonchev–Trinajstić information content (AvgIpc) is 3.00. The minimum absolute atomic E-state index is 0.468. The molecule has 28 heavy (non-hydrogen) atoms. The summed E-state index contributed by atoms with van der Waals surface area (Å²) in [6.07, 6.45) is 4.91. The second-order valence-electron chi connectivity index (χ2n) is 8.85. The van der Waals surface area contributed by atoms with Crippen molar-refractivity contribution < 1.29 is 4.74 Å². The third kappa shape index (κ3) is 6.17. The molecule has 3 rings (SSSR count). The predicted octanol–water partition coefficient (Wildman–Crippen LogP) is 1.46. The van der Waals surface area contributed by atoms with Crippen molar-refractivity contribution in [3.8, 4) is 0 Å². The van der Waals surface area contributed by atoms with Crippen LogP contribution in [-0.4, -0.2) is 71.1 Å². The van der Waals surface area contributed by atoms with Gasteiger partial charge in [-0.15, -0.1) is 10.2 Å². The van der Waals surface area contributed by atoms with E-state index in [9.17, 15) is 0 Å². The lowest BCUT2D eigenvalue weighted by atomic mass is 9.75. The Balaban J connectivity index is 1.56. The molecule has 1 saturated heterocycles. The molecule has 2 heterocycles. The molecule has 1 aromatic heterocycles. The van der Waals surface area contributed by atoms with Crippen LogP contribution in [0.25, 0.3) is 0 Å². The average molecular weight is 392 g/mol. The monoisotopic (exact) mass is 391 g/mol. The molecule has 0 unspecified atom stereocenters. The molecule has 2 fully saturated rings. The normalized spacial score (nSPS) is 21.6. The van der Waals surface area contributed by atoms with Crippen molar-refractivity contribution in [2.75, 3.05) is 39.4 Å². The number of aromatic nitrogens is 3. The third-order valence-electron chi connectivity index (χ3n) is 6.07. The summed E-state index contributed by atoms with van der Waals surface area (Å²) >= 11 is 0. The summed E-state index contributed by atoms with van der Waals surface area (Å²) in [6.45, 7) is 12.8. The number of hydrogen-bond donors (Lipinski definition) is 2. The molecule has 2 N–H and O–H groups in total. The highest BCUT2D eigenvalue weighted by molar-refractivity contribution is 5.80. The van der Waals surface area contributed by atoms with Gasteiger partial charge in [0.05, 0.1) is 13.2 Å². The van der Waals surface area contributed by atoms with E-state index in [-0.39, 0.29) is 0 Å². The molecule has 0 bridgehead atoms. The van der Waals surface area contributed by atoms with Gasteiger partial charge < -0.3 is 19.9 Å². The van der Waals surface area contributed by atoms with Crippen molar-refractivity contribution >= 4 is 5.96 Å². The molecule has 0 radical (unpaired) electrons. The van der Waals surface area contributed by atoms with Crippen LogP contribution in [0.2, 0.25) is 0 Å². The molecular formula is C20H37N7O. The standard InChI is InChI=1S/C20H37N7O/c1-16-24-25-18(26(16)4)15-22-19(21-9-10-27-11-13-28-14-12-27)23-17-5-7-20(2,3)8-6-17/h17H,5-15H2,1-4H3,(H2,21,22,23). The number of ether oxygens (including phenoxy) is 1. The maximum Gasteiger partial charge on any atom is 0.191 e. The third-order valence-corrected chi connectivity index (χ3v) is 6.07. The quantitative estimate of drug-likeness (QED) is 0.565. The first-order chi connectivity index (χ1) is 13.4. The van der Waals surface area contributed by atoms with Crippen LogP contribution in [0.1, 0.15) is 51.2 Å². The van der Waals surface area contributed by atoms with E-state index in [0.29, 0.717) is 18.0 Å². The Labute approximate surface area is 169 Å². The molecule has 2 aliphatic rings. The van der Waals surface area contributed by atoms with Crippen LogP contribution in [0.5, 0.6) is 0 Å². The van der Waals surface area contributed by atoms with Crippen LogP contribution in [-0.2, 0) is 18.3 Å². The lowest BCUT2D eigenvalue weighted by Gasteiger charge is -2.35. The van der Waals surface area contributed by atoms with Gasteiger partial charge in [-0.05, 0) is 38.0 Å². The van der Waals surface area contributed by atoms with Crippen LogP contribution in [0, 0.1) is 12.3 Å². The van der Waals surface area contributed by atoms with E-state index in [1.807, 2.05) is 18.5 Å². The smallest absolute Gasteiger partial charge is 0.191 e. The van der Waals surface area contributed by atoms with Gasteiger partial charge in [-0.25, -0.2) is 4.99 Å². The Bertz CT molecular complexity index is 639. The summed E-state index contributed by atoms with van der Waals surface area (Å²) in [6, 6.07) is 0.490. The van der Waals surface area contributed by atoms with Gasteiger partial charge in [-0.1, -0.05) is 13.8 Å². The van der Waals surface area contributed by atoms with E-state index in [1.54, 1.807) is 0 Å². The SMILES string of the molecule is Cc1nnc(CN=C(NCCN2CCOCC2)NC2CCC(C)(C)CC2)n1C. The summed E-state index contributed by atoms with van der Waals surface area (Å²) in [4.78, 5) is 7.24. The number of nitrogens with one attached hydrogen (secondary N) is 2. The Hall–Kier alpha value is -1.67. The van der Waals surface area contributed by atoms with Gasteiger partial charge in [-0.2, -0.15) is 0 Å². The van der Waals surface area contributed by atoms with Crippen molar-refractivity contribution in [1.29, 1.82) is 0 Å². The zero-order valence-corrected chi connectivity index (χ0v) is 18.0. The summed E-state index contributed by atoms with van der Waals surface area (Å²) in [5.74, 6) is 2.68. The van der Waals surface area contributed by atoms with E-state index in [2.05, 4.69) is 39.6 Å². The van der Waals surface area contributed by atoms with E-state index in [0.717, 1.165) is 57.0 Å². The maximum atomic E-state index is 5.43. The number of hydrogen-bond acceptors (Lipinski definition) is 5. The van der Waals surface area contributed by atoms with Crippen molar-refractivity contribution in [2.24, 2.45) is 17.5 Å². The van der Waals surface area contributed by atoms with Crippen molar-refractivity contribution in [1.82, 2.24) is 30.3 Å². The highest BCUT2D eigenvalue weighted by atomic mass is 16.5. The van der Waals surface area contributed by atoms with Crippen LogP contribution >= 0.6 is 0 Å². The van der Waals surface area contributed by atoms with E-state index < -0.39 is 0 Å². The first-order valence-corrected chi connectivity index (χ1v) is 10.6. The molecule has 0 aromatic carbocycles. The van der Waals surface area contributed by atoms with Gasteiger partial charge in [0.15, 0.2) is 11.8 Å². The minimum Gasteiger partial charge on any atom is -0.379 e. The highest BCUT2D eigenvalue weighted by Crippen LogP contribution is 2.34. The van der Waals surface area contributed by atoms with Crippen molar-refractivity contribution in [3.63, 3.8) is 0 Å². The Morgan fingerprint density at radius 2 is 1.93 bits per heavy atom. The Kier molecular flexibility index (Phi) is 7.29.